The van der Waals surface area contributed by atoms with E-state index < -0.39 is 6.04 Å². The van der Waals surface area contributed by atoms with Gasteiger partial charge < -0.3 is 10.1 Å². The highest BCUT2D eigenvalue weighted by atomic mass is 16.5. The molecule has 1 aliphatic rings. The molecule has 0 heterocycles. The first-order valence-corrected chi connectivity index (χ1v) is 12.1. The lowest BCUT2D eigenvalue weighted by Gasteiger charge is -2.29. The highest BCUT2D eigenvalue weighted by Crippen LogP contribution is 2.28. The number of likely N-dealkylation sites (N-methyl/N-ethyl adjacent to an activating group) is 1. The predicted octanol–water partition coefficient (Wildman–Crippen LogP) is 4.90. The van der Waals surface area contributed by atoms with Crippen LogP contribution in [0.5, 0.6) is 5.75 Å². The number of benzene rings is 2. The summed E-state index contributed by atoms with van der Waals surface area (Å²) < 4.78 is 5.20. The minimum Gasteiger partial charge on any atom is -0.497 e. The maximum absolute atomic E-state index is 13.5. The molecular formula is C27H34N4O3. The summed E-state index contributed by atoms with van der Waals surface area (Å²) in [7, 11) is 1.61. The smallest absolute Gasteiger partial charge is 0.263 e. The van der Waals surface area contributed by atoms with E-state index in [1.807, 2.05) is 31.2 Å². The van der Waals surface area contributed by atoms with E-state index in [2.05, 4.69) is 16.8 Å². The van der Waals surface area contributed by atoms with E-state index in [1.54, 1.807) is 36.4 Å². The number of anilines is 1. The van der Waals surface area contributed by atoms with Crippen LogP contribution >= 0.6 is 0 Å². The summed E-state index contributed by atoms with van der Waals surface area (Å²) in [6.45, 7) is 2.34. The Kier molecular flexibility index (Phi) is 9.33. The SMILES string of the molecule is CCN(Nc1ccc(OC)cc1)C(=O)C(CCC1CCCCC1)NC(=O)c1ccc(C#N)cc1. The first-order valence-electron chi connectivity index (χ1n) is 12.1. The monoisotopic (exact) mass is 462 g/mol. The Balaban J connectivity index is 1.72. The summed E-state index contributed by atoms with van der Waals surface area (Å²) in [5.74, 6) is 0.851. The van der Waals surface area contributed by atoms with Crippen molar-refractivity contribution in [3.63, 3.8) is 0 Å². The maximum atomic E-state index is 13.5. The van der Waals surface area contributed by atoms with Gasteiger partial charge >= 0.3 is 0 Å². The van der Waals surface area contributed by atoms with Crippen LogP contribution in [0.25, 0.3) is 0 Å². The summed E-state index contributed by atoms with van der Waals surface area (Å²) >= 11 is 0. The van der Waals surface area contributed by atoms with Gasteiger partial charge in [-0.2, -0.15) is 5.26 Å². The van der Waals surface area contributed by atoms with Crippen molar-refractivity contribution in [2.24, 2.45) is 5.92 Å². The number of hydrogen-bond acceptors (Lipinski definition) is 5. The molecule has 0 radical (unpaired) electrons. The van der Waals surface area contributed by atoms with E-state index in [-0.39, 0.29) is 11.8 Å². The molecule has 1 fully saturated rings. The highest BCUT2D eigenvalue weighted by Gasteiger charge is 2.27. The van der Waals surface area contributed by atoms with Gasteiger partial charge in [-0.3, -0.25) is 20.0 Å². The van der Waals surface area contributed by atoms with E-state index in [9.17, 15) is 9.59 Å². The summed E-state index contributed by atoms with van der Waals surface area (Å²) in [4.78, 5) is 26.5. The number of carbonyl (C=O) groups is 2. The number of rotatable bonds is 10. The summed E-state index contributed by atoms with van der Waals surface area (Å²) in [6.07, 6.45) is 7.63. The largest absolute Gasteiger partial charge is 0.497 e. The Morgan fingerprint density at radius 1 is 1.09 bits per heavy atom. The van der Waals surface area contributed by atoms with Gasteiger partial charge in [-0.25, -0.2) is 0 Å². The van der Waals surface area contributed by atoms with Crippen LogP contribution in [0.4, 0.5) is 5.69 Å². The molecule has 34 heavy (non-hydrogen) atoms. The predicted molar refractivity (Wildman–Crippen MR) is 132 cm³/mol. The number of amides is 2. The molecule has 180 valence electrons. The van der Waals surface area contributed by atoms with Crippen molar-refractivity contribution in [2.45, 2.75) is 57.9 Å². The molecule has 1 saturated carbocycles. The fourth-order valence-electron chi connectivity index (χ4n) is 4.37. The van der Waals surface area contributed by atoms with Crippen LogP contribution in [-0.2, 0) is 4.79 Å². The first-order chi connectivity index (χ1) is 16.5. The van der Waals surface area contributed by atoms with E-state index in [0.29, 0.717) is 30.0 Å². The van der Waals surface area contributed by atoms with E-state index >= 15 is 0 Å². The van der Waals surface area contributed by atoms with E-state index in [4.69, 9.17) is 10.00 Å². The second-order valence-electron chi connectivity index (χ2n) is 8.72. The lowest BCUT2D eigenvalue weighted by molar-refractivity contribution is -0.132. The number of nitriles is 1. The maximum Gasteiger partial charge on any atom is 0.263 e. The standard InChI is InChI=1S/C27H34N4O3/c1-3-31(30-23-14-16-24(34-2)17-15-23)27(33)25(18-11-20-7-5-4-6-8-20)29-26(32)22-12-9-21(19-28)10-13-22/h9-10,12-17,20,25,30H,3-8,11,18H2,1-2H3,(H,29,32). The molecule has 0 aromatic heterocycles. The third-order valence-electron chi connectivity index (χ3n) is 6.40. The fraction of sp³-hybridized carbons (Fsp3) is 0.444. The Morgan fingerprint density at radius 2 is 1.76 bits per heavy atom. The molecule has 1 unspecified atom stereocenters. The van der Waals surface area contributed by atoms with Gasteiger partial charge in [0.05, 0.1) is 24.4 Å². The van der Waals surface area contributed by atoms with Crippen LogP contribution in [0.3, 0.4) is 0 Å². The number of hydrogen-bond donors (Lipinski definition) is 2. The molecule has 3 rings (SSSR count). The zero-order valence-electron chi connectivity index (χ0n) is 20.0. The molecule has 1 aliphatic carbocycles. The molecular weight excluding hydrogens is 428 g/mol. The van der Waals surface area contributed by atoms with Crippen molar-refractivity contribution in [1.29, 1.82) is 5.26 Å². The molecule has 1 atom stereocenters. The van der Waals surface area contributed by atoms with Crippen LogP contribution in [-0.4, -0.2) is 36.5 Å². The first kappa shape index (κ1) is 25.1. The van der Waals surface area contributed by atoms with Crippen molar-refractivity contribution in [3.8, 4) is 11.8 Å². The van der Waals surface area contributed by atoms with E-state index in [0.717, 1.165) is 17.9 Å². The second kappa shape index (κ2) is 12.6. The van der Waals surface area contributed by atoms with Crippen molar-refractivity contribution in [3.05, 3.63) is 59.7 Å². The number of nitrogens with zero attached hydrogens (tertiary/aromatic N) is 2. The summed E-state index contributed by atoms with van der Waals surface area (Å²) in [5, 5.41) is 13.5. The minimum atomic E-state index is -0.643. The summed E-state index contributed by atoms with van der Waals surface area (Å²) in [5.41, 5.74) is 4.85. The topological polar surface area (TPSA) is 94.5 Å². The molecule has 7 nitrogen and oxygen atoms in total. The molecule has 0 aliphatic heterocycles. The Bertz CT molecular complexity index is 976. The highest BCUT2D eigenvalue weighted by molar-refractivity contribution is 5.97. The molecule has 2 N–H and O–H groups in total. The summed E-state index contributed by atoms with van der Waals surface area (Å²) in [6, 6.07) is 15.2. The second-order valence-corrected chi connectivity index (χ2v) is 8.72. The zero-order chi connectivity index (χ0) is 24.3. The number of carbonyl (C=O) groups excluding carboxylic acids is 2. The van der Waals surface area contributed by atoms with Gasteiger partial charge in [0.1, 0.15) is 11.8 Å². The Hall–Kier alpha value is -3.53. The quantitative estimate of drug-likeness (QED) is 0.490. The molecule has 2 aromatic rings. The number of methoxy groups -OCH3 is 1. The number of hydrazine groups is 1. The minimum absolute atomic E-state index is 0.170. The average molecular weight is 463 g/mol. The van der Waals surface area contributed by atoms with Gasteiger partial charge in [0, 0.05) is 12.1 Å². The number of nitrogens with one attached hydrogen (secondary N) is 2. The molecule has 0 bridgehead atoms. The van der Waals surface area contributed by atoms with Crippen molar-refractivity contribution in [1.82, 2.24) is 10.3 Å². The molecule has 2 amide bonds. The third kappa shape index (κ3) is 6.98. The van der Waals surface area contributed by atoms with Gasteiger partial charge in [-0.15, -0.1) is 0 Å². The fourth-order valence-corrected chi connectivity index (χ4v) is 4.37. The van der Waals surface area contributed by atoms with Crippen molar-refractivity contribution >= 4 is 17.5 Å². The molecule has 0 saturated heterocycles. The van der Waals surface area contributed by atoms with Gasteiger partial charge in [0.25, 0.3) is 11.8 Å². The van der Waals surface area contributed by atoms with Crippen LogP contribution < -0.4 is 15.5 Å². The van der Waals surface area contributed by atoms with Crippen LogP contribution in [0, 0.1) is 17.2 Å². The van der Waals surface area contributed by atoms with Crippen molar-refractivity contribution in [2.75, 3.05) is 19.1 Å². The van der Waals surface area contributed by atoms with Gasteiger partial charge in [0.2, 0.25) is 0 Å². The molecule has 0 spiro atoms. The van der Waals surface area contributed by atoms with Crippen LogP contribution in [0.15, 0.2) is 48.5 Å². The number of ether oxygens (including phenoxy) is 1. The van der Waals surface area contributed by atoms with E-state index in [1.165, 1.54) is 32.1 Å². The van der Waals surface area contributed by atoms with Gasteiger partial charge in [-0.1, -0.05) is 32.1 Å². The normalized spacial score (nSPS) is 14.5. The van der Waals surface area contributed by atoms with Crippen molar-refractivity contribution < 1.29 is 14.3 Å². The van der Waals surface area contributed by atoms with Crippen LogP contribution in [0.2, 0.25) is 0 Å². The Labute approximate surface area is 202 Å². The lowest BCUT2D eigenvalue weighted by atomic mass is 9.85. The Morgan fingerprint density at radius 3 is 2.35 bits per heavy atom. The van der Waals surface area contributed by atoms with Crippen LogP contribution in [0.1, 0.15) is 67.8 Å². The third-order valence-corrected chi connectivity index (χ3v) is 6.40. The molecule has 7 heteroatoms. The zero-order valence-corrected chi connectivity index (χ0v) is 20.0. The molecule has 2 aromatic carbocycles. The lowest BCUT2D eigenvalue weighted by Crippen LogP contribution is -2.50. The van der Waals surface area contributed by atoms with Gasteiger partial charge in [-0.05, 0) is 74.2 Å². The average Bonchev–Trinajstić information content (AvgIpc) is 2.90. The van der Waals surface area contributed by atoms with Gasteiger partial charge in [0.15, 0.2) is 0 Å².